The van der Waals surface area contributed by atoms with Crippen LogP contribution in [0.15, 0.2) is 194 Å². The lowest BCUT2D eigenvalue weighted by atomic mass is 10.0. The summed E-state index contributed by atoms with van der Waals surface area (Å²) in [6.07, 6.45) is 7.63. The molecule has 20 nitrogen and oxygen atoms in total. The predicted molar refractivity (Wildman–Crippen MR) is 391 cm³/mol. The highest BCUT2D eigenvalue weighted by molar-refractivity contribution is 6.13. The van der Waals surface area contributed by atoms with E-state index in [0.717, 1.165) is 0 Å². The first-order chi connectivity index (χ1) is 48.8. The van der Waals surface area contributed by atoms with Gasteiger partial charge in [-0.15, -0.1) is 0 Å². The number of nitrogens with one attached hydrogen (secondary N) is 6. The monoisotopic (exact) mass is 1330 g/mol. The molecule has 0 unspecified atom stereocenters. The summed E-state index contributed by atoms with van der Waals surface area (Å²) in [7, 11) is 12.1. The number of benzene rings is 8. The lowest BCUT2D eigenvalue weighted by molar-refractivity contribution is 0.101. The molecule has 11 aromatic rings. The number of ether oxygens (including phenoxy) is 8. The van der Waals surface area contributed by atoms with Gasteiger partial charge in [0.2, 0.25) is 0 Å². The average Bonchev–Trinajstić information content (AvgIpc) is 1.58. The molecule has 0 radical (unpaired) electrons. The fourth-order valence-electron chi connectivity index (χ4n) is 12.1. The van der Waals surface area contributed by atoms with Crippen molar-refractivity contribution < 1.29 is 57.1 Å². The number of rotatable bonds is 20. The molecule has 13 rings (SSSR count). The van der Waals surface area contributed by atoms with E-state index in [9.17, 15) is 19.2 Å². The fourth-order valence-corrected chi connectivity index (χ4v) is 12.1. The minimum atomic E-state index is -0.440. The second-order valence-corrected chi connectivity index (χ2v) is 22.9. The van der Waals surface area contributed by atoms with Crippen LogP contribution < -0.4 is 59.2 Å². The molecule has 2 aliphatic heterocycles. The maximum Gasteiger partial charge on any atom is 0.255 e. The Labute approximate surface area is 574 Å². The second kappa shape index (κ2) is 28.5. The Kier molecular flexibility index (Phi) is 18.6. The maximum atomic E-state index is 14.6. The number of nitrogens with zero attached hydrogens (tertiary/aromatic N) is 2. The molecule has 6 N–H and O–H groups in total. The van der Waals surface area contributed by atoms with Gasteiger partial charge in [0, 0.05) is 136 Å². The van der Waals surface area contributed by atoms with Crippen LogP contribution in [0, 0.1) is 0 Å². The van der Waals surface area contributed by atoms with E-state index in [0.29, 0.717) is 158 Å². The number of carbonyl (C=O) groups is 4. The molecule has 498 valence electrons. The van der Waals surface area contributed by atoms with E-state index in [1.807, 2.05) is 146 Å². The molecule has 0 aliphatic carbocycles. The van der Waals surface area contributed by atoms with Crippen molar-refractivity contribution in [1.29, 1.82) is 0 Å². The van der Waals surface area contributed by atoms with Crippen LogP contribution in [-0.2, 0) is 0 Å². The Bertz CT molecular complexity index is 4590. The number of hydrogen-bond donors (Lipinski definition) is 6. The summed E-state index contributed by atoms with van der Waals surface area (Å²) >= 11 is 0. The molecule has 8 aromatic carbocycles. The Hall–Kier alpha value is -13.4. The van der Waals surface area contributed by atoms with Crippen LogP contribution in [0.25, 0.3) is 90.9 Å². The first-order valence-electron chi connectivity index (χ1n) is 31.5. The topological polar surface area (TPSA) is 248 Å². The number of H-pyrrole nitrogens is 2. The van der Waals surface area contributed by atoms with Gasteiger partial charge < -0.3 is 69.1 Å². The average molecular weight is 1330 g/mol. The number of aromatic amines is 2. The van der Waals surface area contributed by atoms with Crippen LogP contribution in [0.5, 0.6) is 46.0 Å². The number of aromatic nitrogens is 4. The van der Waals surface area contributed by atoms with E-state index < -0.39 is 23.6 Å². The minimum Gasteiger partial charge on any atom is -0.497 e. The van der Waals surface area contributed by atoms with Gasteiger partial charge in [-0.3, -0.25) is 19.2 Å². The molecular formula is C80H66N8O12. The van der Waals surface area contributed by atoms with E-state index in [4.69, 9.17) is 47.9 Å². The zero-order valence-electron chi connectivity index (χ0n) is 55.6. The zero-order valence-corrected chi connectivity index (χ0v) is 55.6. The molecule has 5 heterocycles. The van der Waals surface area contributed by atoms with Crippen LogP contribution in [0.4, 0.5) is 22.7 Å². The first-order valence-corrected chi connectivity index (χ1v) is 31.5. The molecule has 20 heteroatoms. The summed E-state index contributed by atoms with van der Waals surface area (Å²) in [5.41, 5.74) is 11.8. The molecule has 3 aromatic heterocycles. The van der Waals surface area contributed by atoms with Crippen molar-refractivity contribution in [2.24, 2.45) is 0 Å². The second-order valence-electron chi connectivity index (χ2n) is 22.9. The highest BCUT2D eigenvalue weighted by Crippen LogP contribution is 2.44. The van der Waals surface area contributed by atoms with Gasteiger partial charge in [0.25, 0.3) is 23.6 Å². The van der Waals surface area contributed by atoms with Crippen molar-refractivity contribution in [3.05, 3.63) is 239 Å². The lowest BCUT2D eigenvalue weighted by Crippen LogP contribution is -2.13. The van der Waals surface area contributed by atoms with Crippen LogP contribution in [0.2, 0.25) is 0 Å². The number of amides is 4. The van der Waals surface area contributed by atoms with E-state index in [1.165, 1.54) is 56.9 Å². The third kappa shape index (κ3) is 13.3. The summed E-state index contributed by atoms with van der Waals surface area (Å²) < 4.78 is 44.6. The third-order valence-electron chi connectivity index (χ3n) is 17.0. The van der Waals surface area contributed by atoms with Crippen molar-refractivity contribution >= 4 is 92.7 Å². The van der Waals surface area contributed by atoms with Gasteiger partial charge in [-0.1, -0.05) is 72.8 Å². The quantitative estimate of drug-likeness (QED) is 0.0416. The summed E-state index contributed by atoms with van der Waals surface area (Å²) in [4.78, 5) is 77.2. The van der Waals surface area contributed by atoms with Gasteiger partial charge >= 0.3 is 0 Å². The van der Waals surface area contributed by atoms with Gasteiger partial charge in [0.1, 0.15) is 46.0 Å². The highest BCUT2D eigenvalue weighted by atomic mass is 16.5. The zero-order chi connectivity index (χ0) is 69.6. The van der Waals surface area contributed by atoms with E-state index in [1.54, 1.807) is 72.8 Å². The number of methoxy groups -OCH3 is 8. The van der Waals surface area contributed by atoms with Crippen LogP contribution in [0.1, 0.15) is 64.2 Å². The molecular weight excluding hydrogens is 1260 g/mol. The van der Waals surface area contributed by atoms with Crippen molar-refractivity contribution in [3.63, 3.8) is 0 Å². The van der Waals surface area contributed by atoms with Crippen molar-refractivity contribution in [2.45, 2.75) is 0 Å². The van der Waals surface area contributed by atoms with E-state index in [-0.39, 0.29) is 22.3 Å². The summed E-state index contributed by atoms with van der Waals surface area (Å²) in [6, 6.07) is 57.3. The van der Waals surface area contributed by atoms with Gasteiger partial charge in [-0.2, -0.15) is 0 Å². The fraction of sp³-hybridized carbons (Fsp3) is 0.100. The minimum absolute atomic E-state index is 0.283. The highest BCUT2D eigenvalue weighted by Gasteiger charge is 2.26. The molecule has 4 amide bonds. The summed E-state index contributed by atoms with van der Waals surface area (Å²) in [6.45, 7) is 0. The summed E-state index contributed by atoms with van der Waals surface area (Å²) in [5.74, 6) is 1.64. The van der Waals surface area contributed by atoms with Gasteiger partial charge in [0.05, 0.1) is 79.7 Å². The predicted octanol–water partition coefficient (Wildman–Crippen LogP) is 16.4. The molecule has 8 bridgehead atoms. The largest absolute Gasteiger partial charge is 0.497 e. The van der Waals surface area contributed by atoms with E-state index >= 15 is 0 Å². The lowest BCUT2D eigenvalue weighted by Gasteiger charge is -2.15. The molecule has 0 saturated heterocycles. The number of para-hydroxylation sites is 4. The van der Waals surface area contributed by atoms with Gasteiger partial charge in [-0.25, -0.2) is 9.97 Å². The Morgan fingerprint density at radius 1 is 0.270 bits per heavy atom. The molecule has 0 fully saturated rings. The van der Waals surface area contributed by atoms with Crippen molar-refractivity contribution in [2.75, 3.05) is 78.1 Å². The van der Waals surface area contributed by atoms with Gasteiger partial charge in [0.15, 0.2) is 0 Å². The number of anilines is 4. The SMILES string of the molecule is COc1cc(OC)cc(C(=O)Nc2ccccc2-c2c3nc(c(-c4ccccc4NC(=O)c4cc(OC)cc(OC)c4)c4ccc([nH]4)c(-c4ccccc4NC(=O)c4cc(OC)cc(OC)c4)c4nc(c(-c5ccccc5NC(=O)c5cc(OC)cc(OC)c5)c5ccc2[nH]5)C=C4)C=C3)c1. The normalized spacial score (nSPS) is 11.3. The number of hydrogen-bond acceptors (Lipinski definition) is 14. The van der Waals surface area contributed by atoms with Gasteiger partial charge in [-0.05, 0) is 121 Å². The van der Waals surface area contributed by atoms with Crippen LogP contribution in [0.3, 0.4) is 0 Å². The molecule has 0 spiro atoms. The molecule has 0 atom stereocenters. The van der Waals surface area contributed by atoms with Crippen LogP contribution >= 0.6 is 0 Å². The third-order valence-corrected chi connectivity index (χ3v) is 17.0. The molecule has 100 heavy (non-hydrogen) atoms. The number of carbonyl (C=O) groups excluding carboxylic acids is 4. The molecule has 0 saturated carbocycles. The van der Waals surface area contributed by atoms with Crippen LogP contribution in [-0.4, -0.2) is 100 Å². The van der Waals surface area contributed by atoms with Crippen molar-refractivity contribution in [1.82, 2.24) is 19.9 Å². The maximum absolute atomic E-state index is 14.6. The number of fused-ring (bicyclic) bond motifs is 8. The smallest absolute Gasteiger partial charge is 0.255 e. The summed E-state index contributed by atoms with van der Waals surface area (Å²) in [5, 5.41) is 12.8. The molecule has 2 aliphatic rings. The Morgan fingerprint density at radius 3 is 0.650 bits per heavy atom. The standard InChI is InChI=1S/C80H66N8O12/c1-93-49-33-45(34-50(41-49)94-2)77(89)85-61-21-13-9-17-57(61)73-65-25-27-67(81-65)74(58-18-10-14-22-62(58)86-78(90)46-35-51(95-3)42-52(36-46)96-4)69-29-31-71(83-69)76(60-20-12-16-24-64(60)88-80(92)48-39-55(99-7)44-56(40-48)100-8)72-32-30-70(84-72)75(68-28-26-66(73)82-68)59-19-11-15-23-63(59)87-79(91)47-37-53(97-5)43-54(38-47)98-6/h9-44,81,84H,1-8H3,(H,85,89)(H,86,90)(H,87,91)(H,88,92). The Morgan fingerprint density at radius 2 is 0.460 bits per heavy atom. The first kappa shape index (κ1) is 65.3. The Balaban J connectivity index is 1.10. The van der Waals surface area contributed by atoms with E-state index in [2.05, 4.69) is 31.2 Å². The van der Waals surface area contributed by atoms with Crippen molar-refractivity contribution in [3.8, 4) is 90.5 Å².